The second-order valence-electron chi connectivity index (χ2n) is 7.87. The van der Waals surface area contributed by atoms with E-state index in [9.17, 15) is 0 Å². The molecule has 7 nitrogen and oxygen atoms in total. The quantitative estimate of drug-likeness (QED) is 0.597. The van der Waals surface area contributed by atoms with Crippen LogP contribution >= 0.6 is 0 Å². The average Bonchev–Trinajstić information content (AvgIpc) is 3.41. The van der Waals surface area contributed by atoms with Crippen molar-refractivity contribution in [2.24, 2.45) is 4.99 Å². The van der Waals surface area contributed by atoms with Gasteiger partial charge < -0.3 is 19.6 Å². The van der Waals surface area contributed by atoms with Crippen LogP contribution in [0.5, 0.6) is 0 Å². The predicted octanol–water partition coefficient (Wildman–Crippen LogP) is 2.21. The van der Waals surface area contributed by atoms with E-state index in [1.165, 1.54) is 11.3 Å². The zero-order chi connectivity index (χ0) is 20.1. The molecule has 0 amide bonds. The molecule has 1 atom stereocenters. The number of hydrogen-bond acceptors (Lipinski definition) is 5. The molecule has 1 fully saturated rings. The minimum Gasteiger partial charge on any atom is -0.366 e. The summed E-state index contributed by atoms with van der Waals surface area (Å²) in [6.45, 7) is 12.0. The third-order valence-electron chi connectivity index (χ3n) is 5.84. The standard InChI is InChI=1S/C22H32N6O/c1-3-23-22(27-13-11-26(12-14-27)17-20-9-15-29-25-20)24-16-18(2)28-10-8-19-6-4-5-7-21(19)28/h4-7,9,15,18H,3,8,10-14,16-17H2,1-2H3,(H,23,24). The number of benzene rings is 1. The minimum atomic E-state index is 0.390. The molecule has 1 saturated heterocycles. The highest BCUT2D eigenvalue weighted by molar-refractivity contribution is 5.80. The van der Waals surface area contributed by atoms with E-state index in [1.807, 2.05) is 6.07 Å². The summed E-state index contributed by atoms with van der Waals surface area (Å²) in [6, 6.07) is 11.1. The first-order valence-electron chi connectivity index (χ1n) is 10.7. The van der Waals surface area contributed by atoms with E-state index in [1.54, 1.807) is 6.26 Å². The predicted molar refractivity (Wildman–Crippen MR) is 116 cm³/mol. The lowest BCUT2D eigenvalue weighted by Crippen LogP contribution is -2.52. The molecule has 2 aromatic rings. The number of aliphatic imine (C=N–C) groups is 1. The Kier molecular flexibility index (Phi) is 6.34. The largest absolute Gasteiger partial charge is 0.366 e. The van der Waals surface area contributed by atoms with E-state index >= 15 is 0 Å². The fourth-order valence-corrected chi connectivity index (χ4v) is 4.23. The van der Waals surface area contributed by atoms with Crippen molar-refractivity contribution in [2.45, 2.75) is 32.9 Å². The topological polar surface area (TPSA) is 60.1 Å². The van der Waals surface area contributed by atoms with E-state index in [-0.39, 0.29) is 0 Å². The van der Waals surface area contributed by atoms with Gasteiger partial charge in [0, 0.05) is 63.6 Å². The first-order valence-corrected chi connectivity index (χ1v) is 10.7. The van der Waals surface area contributed by atoms with Gasteiger partial charge in [-0.2, -0.15) is 0 Å². The van der Waals surface area contributed by atoms with Crippen molar-refractivity contribution in [3.63, 3.8) is 0 Å². The van der Waals surface area contributed by atoms with Crippen LogP contribution < -0.4 is 10.2 Å². The molecular weight excluding hydrogens is 364 g/mol. The van der Waals surface area contributed by atoms with Crippen LogP contribution in [0.1, 0.15) is 25.1 Å². The zero-order valence-electron chi connectivity index (χ0n) is 17.5. The van der Waals surface area contributed by atoms with Gasteiger partial charge in [0.15, 0.2) is 5.96 Å². The Morgan fingerprint density at radius 2 is 2.00 bits per heavy atom. The lowest BCUT2D eigenvalue weighted by Gasteiger charge is -2.36. The van der Waals surface area contributed by atoms with E-state index in [4.69, 9.17) is 9.52 Å². The van der Waals surface area contributed by atoms with Crippen molar-refractivity contribution >= 4 is 11.6 Å². The Morgan fingerprint density at radius 3 is 2.76 bits per heavy atom. The van der Waals surface area contributed by atoms with Gasteiger partial charge in [-0.25, -0.2) is 0 Å². The second kappa shape index (κ2) is 9.31. The Hall–Kier alpha value is -2.54. The molecule has 0 bridgehead atoms. The highest BCUT2D eigenvalue weighted by Gasteiger charge is 2.24. The molecule has 0 spiro atoms. The van der Waals surface area contributed by atoms with E-state index in [0.717, 1.165) is 70.4 Å². The van der Waals surface area contributed by atoms with Gasteiger partial charge in [-0.05, 0) is 31.9 Å². The van der Waals surface area contributed by atoms with Crippen LogP contribution in [0.15, 0.2) is 46.1 Å². The molecule has 2 aliphatic rings. The van der Waals surface area contributed by atoms with Crippen molar-refractivity contribution in [1.82, 2.24) is 20.3 Å². The third-order valence-corrected chi connectivity index (χ3v) is 5.84. The number of guanidine groups is 1. The first kappa shape index (κ1) is 19.8. The highest BCUT2D eigenvalue weighted by atomic mass is 16.5. The lowest BCUT2D eigenvalue weighted by molar-refractivity contribution is 0.169. The van der Waals surface area contributed by atoms with Crippen LogP contribution in [0, 0.1) is 0 Å². The summed E-state index contributed by atoms with van der Waals surface area (Å²) in [5, 5.41) is 7.51. The number of piperazine rings is 1. The Morgan fingerprint density at radius 1 is 1.17 bits per heavy atom. The van der Waals surface area contributed by atoms with Gasteiger partial charge >= 0.3 is 0 Å². The number of nitrogens with zero attached hydrogens (tertiary/aromatic N) is 5. The number of fused-ring (bicyclic) bond motifs is 1. The summed E-state index contributed by atoms with van der Waals surface area (Å²) in [4.78, 5) is 12.3. The van der Waals surface area contributed by atoms with Gasteiger partial charge in [-0.3, -0.25) is 9.89 Å². The van der Waals surface area contributed by atoms with E-state index in [0.29, 0.717) is 6.04 Å². The molecule has 3 heterocycles. The molecule has 1 aromatic heterocycles. The van der Waals surface area contributed by atoms with Crippen LogP contribution in [-0.2, 0) is 13.0 Å². The van der Waals surface area contributed by atoms with Crippen molar-refractivity contribution < 1.29 is 4.52 Å². The molecule has 1 unspecified atom stereocenters. The molecule has 7 heteroatoms. The number of aromatic nitrogens is 1. The van der Waals surface area contributed by atoms with Gasteiger partial charge in [0.05, 0.1) is 12.2 Å². The number of hydrogen-bond donors (Lipinski definition) is 1. The number of para-hydroxylation sites is 1. The fourth-order valence-electron chi connectivity index (χ4n) is 4.23. The van der Waals surface area contributed by atoms with E-state index < -0.39 is 0 Å². The maximum atomic E-state index is 5.00. The van der Waals surface area contributed by atoms with Crippen LogP contribution in [-0.4, -0.2) is 72.8 Å². The molecule has 1 aromatic carbocycles. The van der Waals surface area contributed by atoms with Crippen LogP contribution in [0.2, 0.25) is 0 Å². The maximum Gasteiger partial charge on any atom is 0.194 e. The fraction of sp³-hybridized carbons (Fsp3) is 0.545. The minimum absolute atomic E-state index is 0.390. The molecule has 1 N–H and O–H groups in total. The summed E-state index contributed by atoms with van der Waals surface area (Å²) in [5.74, 6) is 1.04. The SMILES string of the molecule is CCNC(=NCC(C)N1CCc2ccccc21)N1CCN(Cc2ccon2)CC1. The van der Waals surface area contributed by atoms with Gasteiger partial charge in [-0.1, -0.05) is 23.4 Å². The average molecular weight is 397 g/mol. The Labute approximate surface area is 173 Å². The summed E-state index contributed by atoms with van der Waals surface area (Å²) in [6.07, 6.45) is 2.78. The number of rotatable bonds is 6. The van der Waals surface area contributed by atoms with Crippen molar-refractivity contribution in [2.75, 3.05) is 50.7 Å². The smallest absolute Gasteiger partial charge is 0.194 e. The van der Waals surface area contributed by atoms with Gasteiger partial charge in [0.1, 0.15) is 6.26 Å². The van der Waals surface area contributed by atoms with Gasteiger partial charge in [0.2, 0.25) is 0 Å². The molecule has 0 aliphatic carbocycles. The maximum absolute atomic E-state index is 5.00. The van der Waals surface area contributed by atoms with Crippen LogP contribution in [0.25, 0.3) is 0 Å². The normalized spacial score (nSPS) is 18.8. The summed E-state index contributed by atoms with van der Waals surface area (Å²) in [7, 11) is 0. The summed E-state index contributed by atoms with van der Waals surface area (Å²) < 4.78 is 4.95. The van der Waals surface area contributed by atoms with Crippen LogP contribution in [0.4, 0.5) is 5.69 Å². The first-order chi connectivity index (χ1) is 14.2. The molecule has 0 saturated carbocycles. The van der Waals surface area contributed by atoms with Gasteiger partial charge in [-0.15, -0.1) is 0 Å². The number of anilines is 1. The molecule has 4 rings (SSSR count). The zero-order valence-corrected chi connectivity index (χ0v) is 17.5. The van der Waals surface area contributed by atoms with E-state index in [2.05, 4.69) is 63.3 Å². The van der Waals surface area contributed by atoms with Gasteiger partial charge in [0.25, 0.3) is 0 Å². The molecular formula is C22H32N6O. The Bertz CT molecular complexity index is 797. The molecule has 156 valence electrons. The second-order valence-corrected chi connectivity index (χ2v) is 7.87. The Balaban J connectivity index is 1.33. The summed E-state index contributed by atoms with van der Waals surface area (Å²) in [5.41, 5.74) is 3.83. The summed E-state index contributed by atoms with van der Waals surface area (Å²) >= 11 is 0. The van der Waals surface area contributed by atoms with Crippen molar-refractivity contribution in [1.29, 1.82) is 0 Å². The molecule has 29 heavy (non-hydrogen) atoms. The molecule has 2 aliphatic heterocycles. The van der Waals surface area contributed by atoms with Crippen molar-refractivity contribution in [3.8, 4) is 0 Å². The lowest BCUT2D eigenvalue weighted by atomic mass is 10.2. The molecule has 0 radical (unpaired) electrons. The van der Waals surface area contributed by atoms with Crippen molar-refractivity contribution in [3.05, 3.63) is 47.9 Å². The monoisotopic (exact) mass is 396 g/mol. The highest BCUT2D eigenvalue weighted by Crippen LogP contribution is 2.29. The third kappa shape index (κ3) is 4.72. The number of nitrogens with one attached hydrogen (secondary N) is 1. The van der Waals surface area contributed by atoms with Crippen LogP contribution in [0.3, 0.4) is 0 Å².